The van der Waals surface area contributed by atoms with Crippen LogP contribution in [-0.4, -0.2) is 22.9 Å². The highest BCUT2D eigenvalue weighted by Crippen LogP contribution is 2.38. The molecule has 1 aromatic heterocycles. The van der Waals surface area contributed by atoms with Gasteiger partial charge in [0.05, 0.1) is 5.69 Å². The average molecular weight is 273 g/mol. The molecular weight excluding hydrogens is 253 g/mol. The Hall–Kier alpha value is -1.68. The molecule has 20 heavy (non-hydrogen) atoms. The van der Waals surface area contributed by atoms with E-state index in [-0.39, 0.29) is 5.82 Å². The SMILES string of the molecule is Cc1nn(C)cc1C1CCNCC1c1cccc(F)c1. The zero-order valence-electron chi connectivity index (χ0n) is 11.9. The number of benzene rings is 1. The lowest BCUT2D eigenvalue weighted by molar-refractivity contribution is 0.402. The van der Waals surface area contributed by atoms with Crippen molar-refractivity contribution in [3.8, 4) is 0 Å². The van der Waals surface area contributed by atoms with Crippen molar-refractivity contribution in [3.05, 3.63) is 53.1 Å². The van der Waals surface area contributed by atoms with Gasteiger partial charge in [-0.2, -0.15) is 5.10 Å². The molecule has 0 amide bonds. The molecule has 0 saturated carbocycles. The Morgan fingerprint density at radius 3 is 2.90 bits per heavy atom. The number of piperidine rings is 1. The summed E-state index contributed by atoms with van der Waals surface area (Å²) >= 11 is 0. The van der Waals surface area contributed by atoms with Crippen molar-refractivity contribution in [2.45, 2.75) is 25.2 Å². The highest BCUT2D eigenvalue weighted by Gasteiger charge is 2.30. The maximum atomic E-state index is 13.5. The van der Waals surface area contributed by atoms with Crippen LogP contribution in [0.15, 0.2) is 30.5 Å². The van der Waals surface area contributed by atoms with E-state index in [1.165, 1.54) is 11.6 Å². The van der Waals surface area contributed by atoms with Crippen molar-refractivity contribution in [2.24, 2.45) is 7.05 Å². The van der Waals surface area contributed by atoms with Crippen molar-refractivity contribution < 1.29 is 4.39 Å². The molecule has 2 atom stereocenters. The molecule has 4 heteroatoms. The minimum atomic E-state index is -0.158. The smallest absolute Gasteiger partial charge is 0.123 e. The highest BCUT2D eigenvalue weighted by molar-refractivity contribution is 5.31. The van der Waals surface area contributed by atoms with Crippen LogP contribution >= 0.6 is 0 Å². The molecule has 0 spiro atoms. The number of nitrogens with one attached hydrogen (secondary N) is 1. The molecule has 2 unspecified atom stereocenters. The monoisotopic (exact) mass is 273 g/mol. The molecule has 2 heterocycles. The van der Waals surface area contributed by atoms with E-state index in [2.05, 4.69) is 23.5 Å². The van der Waals surface area contributed by atoms with Crippen LogP contribution in [-0.2, 0) is 7.05 Å². The first kappa shape index (κ1) is 13.3. The maximum absolute atomic E-state index is 13.5. The second-order valence-corrected chi connectivity index (χ2v) is 5.60. The third-order valence-corrected chi connectivity index (χ3v) is 4.21. The Morgan fingerprint density at radius 2 is 2.20 bits per heavy atom. The van der Waals surface area contributed by atoms with Gasteiger partial charge < -0.3 is 5.32 Å². The van der Waals surface area contributed by atoms with Crippen LogP contribution in [0.25, 0.3) is 0 Å². The molecule has 2 aromatic rings. The maximum Gasteiger partial charge on any atom is 0.123 e. The zero-order valence-corrected chi connectivity index (χ0v) is 11.9. The van der Waals surface area contributed by atoms with E-state index in [0.29, 0.717) is 11.8 Å². The van der Waals surface area contributed by atoms with Crippen LogP contribution in [0.5, 0.6) is 0 Å². The molecule has 0 radical (unpaired) electrons. The lowest BCUT2D eigenvalue weighted by Gasteiger charge is -2.32. The van der Waals surface area contributed by atoms with Gasteiger partial charge in [-0.1, -0.05) is 12.1 Å². The van der Waals surface area contributed by atoms with E-state index in [9.17, 15) is 4.39 Å². The van der Waals surface area contributed by atoms with E-state index in [1.807, 2.05) is 17.8 Å². The van der Waals surface area contributed by atoms with Crippen molar-refractivity contribution in [3.63, 3.8) is 0 Å². The molecule has 1 N–H and O–H groups in total. The summed E-state index contributed by atoms with van der Waals surface area (Å²) in [5.74, 6) is 0.559. The number of hydrogen-bond acceptors (Lipinski definition) is 2. The second-order valence-electron chi connectivity index (χ2n) is 5.60. The predicted molar refractivity (Wildman–Crippen MR) is 77.3 cm³/mol. The Labute approximate surface area is 118 Å². The average Bonchev–Trinajstić information content (AvgIpc) is 2.78. The molecule has 1 saturated heterocycles. The lowest BCUT2D eigenvalue weighted by atomic mass is 9.77. The van der Waals surface area contributed by atoms with E-state index < -0.39 is 0 Å². The normalized spacial score (nSPS) is 22.9. The molecule has 1 aliphatic heterocycles. The topological polar surface area (TPSA) is 29.9 Å². The quantitative estimate of drug-likeness (QED) is 0.912. The van der Waals surface area contributed by atoms with E-state index in [1.54, 1.807) is 12.1 Å². The molecular formula is C16H20FN3. The van der Waals surface area contributed by atoms with Gasteiger partial charge in [0, 0.05) is 25.7 Å². The second kappa shape index (κ2) is 5.37. The Balaban J connectivity index is 1.97. The number of rotatable bonds is 2. The number of aromatic nitrogens is 2. The zero-order chi connectivity index (χ0) is 14.1. The summed E-state index contributed by atoms with van der Waals surface area (Å²) in [6, 6.07) is 6.99. The van der Waals surface area contributed by atoms with Gasteiger partial charge in [-0.05, 0) is 49.1 Å². The summed E-state index contributed by atoms with van der Waals surface area (Å²) in [5, 5.41) is 7.88. The first-order valence-electron chi connectivity index (χ1n) is 7.11. The van der Waals surface area contributed by atoms with Gasteiger partial charge in [-0.3, -0.25) is 4.68 Å². The summed E-state index contributed by atoms with van der Waals surface area (Å²) < 4.78 is 15.4. The Bertz CT molecular complexity index is 606. The third kappa shape index (κ3) is 2.48. The number of nitrogens with zero attached hydrogens (tertiary/aromatic N) is 2. The minimum absolute atomic E-state index is 0.158. The highest BCUT2D eigenvalue weighted by atomic mass is 19.1. The summed E-state index contributed by atoms with van der Waals surface area (Å²) in [6.07, 6.45) is 3.17. The van der Waals surface area contributed by atoms with Gasteiger partial charge in [-0.25, -0.2) is 4.39 Å². The van der Waals surface area contributed by atoms with Crippen LogP contribution < -0.4 is 5.32 Å². The minimum Gasteiger partial charge on any atom is -0.316 e. The number of hydrogen-bond donors (Lipinski definition) is 1. The van der Waals surface area contributed by atoms with Crippen LogP contribution in [0.3, 0.4) is 0 Å². The molecule has 106 valence electrons. The van der Waals surface area contributed by atoms with Gasteiger partial charge >= 0.3 is 0 Å². The van der Waals surface area contributed by atoms with Gasteiger partial charge in [-0.15, -0.1) is 0 Å². The Morgan fingerprint density at radius 1 is 1.35 bits per heavy atom. The van der Waals surface area contributed by atoms with Crippen molar-refractivity contribution in [1.29, 1.82) is 0 Å². The fourth-order valence-electron chi connectivity index (χ4n) is 3.30. The van der Waals surface area contributed by atoms with Gasteiger partial charge in [0.25, 0.3) is 0 Å². The van der Waals surface area contributed by atoms with Crippen LogP contribution in [0.4, 0.5) is 4.39 Å². The van der Waals surface area contributed by atoms with Crippen LogP contribution in [0.1, 0.15) is 35.1 Å². The largest absolute Gasteiger partial charge is 0.316 e. The molecule has 1 fully saturated rings. The summed E-state index contributed by atoms with van der Waals surface area (Å²) in [7, 11) is 1.95. The third-order valence-electron chi connectivity index (χ3n) is 4.21. The standard InChI is InChI=1S/C16H20FN3/c1-11-16(10-20(2)19-11)14-6-7-18-9-15(14)12-4-3-5-13(17)8-12/h3-5,8,10,14-15,18H,6-7,9H2,1-2H3. The predicted octanol–water partition coefficient (Wildman–Crippen LogP) is 2.73. The van der Waals surface area contributed by atoms with E-state index in [4.69, 9.17) is 0 Å². The number of aryl methyl sites for hydroxylation is 2. The van der Waals surface area contributed by atoms with Gasteiger partial charge in [0.2, 0.25) is 0 Å². The van der Waals surface area contributed by atoms with Gasteiger partial charge in [0.15, 0.2) is 0 Å². The van der Waals surface area contributed by atoms with E-state index >= 15 is 0 Å². The lowest BCUT2D eigenvalue weighted by Crippen LogP contribution is -2.34. The first-order chi connectivity index (χ1) is 9.65. The molecule has 1 aliphatic rings. The fourth-order valence-corrected chi connectivity index (χ4v) is 3.30. The van der Waals surface area contributed by atoms with Crippen molar-refractivity contribution in [2.75, 3.05) is 13.1 Å². The molecule has 1 aromatic carbocycles. The van der Waals surface area contributed by atoms with Crippen molar-refractivity contribution >= 4 is 0 Å². The summed E-state index contributed by atoms with van der Waals surface area (Å²) in [5.41, 5.74) is 3.45. The Kier molecular flexibility index (Phi) is 3.57. The molecule has 0 aliphatic carbocycles. The van der Waals surface area contributed by atoms with Crippen molar-refractivity contribution in [1.82, 2.24) is 15.1 Å². The molecule has 3 rings (SSSR count). The summed E-state index contributed by atoms with van der Waals surface area (Å²) in [6.45, 7) is 3.95. The molecule has 3 nitrogen and oxygen atoms in total. The first-order valence-corrected chi connectivity index (χ1v) is 7.11. The number of halogens is 1. The van der Waals surface area contributed by atoms with Crippen LogP contribution in [0, 0.1) is 12.7 Å². The van der Waals surface area contributed by atoms with E-state index in [0.717, 1.165) is 30.8 Å². The van der Waals surface area contributed by atoms with Gasteiger partial charge in [0.1, 0.15) is 5.82 Å². The summed E-state index contributed by atoms with van der Waals surface area (Å²) in [4.78, 5) is 0. The molecule has 0 bridgehead atoms. The van der Waals surface area contributed by atoms with Crippen LogP contribution in [0.2, 0.25) is 0 Å². The fraction of sp³-hybridized carbons (Fsp3) is 0.438.